The number of nitrogens with one attached hydrogen (secondary N) is 1. The molecule has 1 saturated carbocycles. The first-order valence-electron chi connectivity index (χ1n) is 12.1. The number of pyridine rings is 1. The van der Waals surface area contributed by atoms with Crippen molar-refractivity contribution in [2.45, 2.75) is 31.4 Å². The van der Waals surface area contributed by atoms with Crippen LogP contribution in [0.4, 0.5) is 11.5 Å². The Kier molecular flexibility index (Phi) is 5.90. The molecule has 11 heteroatoms. The van der Waals surface area contributed by atoms with Crippen LogP contribution in [-0.4, -0.2) is 62.6 Å². The average Bonchev–Trinajstić information content (AvgIpc) is 2.86. The van der Waals surface area contributed by atoms with Gasteiger partial charge in [0.25, 0.3) is 5.91 Å². The van der Waals surface area contributed by atoms with Gasteiger partial charge in [0.2, 0.25) is 5.78 Å². The number of fused-ring (bicyclic) bond motifs is 3. The summed E-state index contributed by atoms with van der Waals surface area (Å²) < 4.78 is 0. The van der Waals surface area contributed by atoms with Crippen LogP contribution >= 0.6 is 0 Å². The summed E-state index contributed by atoms with van der Waals surface area (Å²) in [5.41, 5.74) is 3.48. The number of anilines is 2. The van der Waals surface area contributed by atoms with E-state index in [2.05, 4.69) is 10.3 Å². The molecule has 0 saturated heterocycles. The molecule has 0 unspecified atom stereocenters. The van der Waals surface area contributed by atoms with Gasteiger partial charge in [0.15, 0.2) is 11.4 Å². The van der Waals surface area contributed by atoms with E-state index < -0.39 is 52.0 Å². The topological polar surface area (TPSA) is 186 Å². The van der Waals surface area contributed by atoms with E-state index in [4.69, 9.17) is 5.73 Å². The maximum Gasteiger partial charge on any atom is 0.255 e. The minimum atomic E-state index is -2.59. The molecule has 1 amide bonds. The van der Waals surface area contributed by atoms with Crippen molar-refractivity contribution in [3.63, 3.8) is 0 Å². The van der Waals surface area contributed by atoms with Crippen LogP contribution in [-0.2, 0) is 27.3 Å². The van der Waals surface area contributed by atoms with Crippen molar-refractivity contribution < 1.29 is 34.8 Å². The number of aromatic nitrogens is 1. The standard InChI is InChI=1S/C27H28N4O7/c1-31(2)16-9-13(11-30-18-5-3-4-6-29-18)22(33)20-15(16)8-12-7-14-10-17(32)21(26(28)37)25(36)27(14,38)24(35)19(12)23(20)34/h3-6,9,12,14,33-34,36,38H,7-8,10-11H2,1-2H3,(H2,28,37)(H,29,30)/t12-,14+,27+/m1/s1. The van der Waals surface area contributed by atoms with Crippen molar-refractivity contribution in [1.82, 2.24) is 4.98 Å². The fraction of sp³-hybridized carbons (Fsp3) is 0.333. The van der Waals surface area contributed by atoms with Gasteiger partial charge in [-0.2, -0.15) is 0 Å². The number of phenolic OH excluding ortho intramolecular Hbond substituents is 1. The number of rotatable bonds is 5. The minimum Gasteiger partial charge on any atom is -0.508 e. The highest BCUT2D eigenvalue weighted by molar-refractivity contribution is 6.22. The smallest absolute Gasteiger partial charge is 0.255 e. The summed E-state index contributed by atoms with van der Waals surface area (Å²) in [7, 11) is 3.63. The van der Waals surface area contributed by atoms with E-state index in [9.17, 15) is 34.8 Å². The number of aliphatic hydroxyl groups excluding tert-OH is 2. The predicted molar refractivity (Wildman–Crippen MR) is 137 cm³/mol. The zero-order chi connectivity index (χ0) is 27.5. The Morgan fingerprint density at radius 1 is 1.21 bits per heavy atom. The maximum absolute atomic E-state index is 13.7. The van der Waals surface area contributed by atoms with Crippen molar-refractivity contribution in [2.75, 3.05) is 24.3 Å². The van der Waals surface area contributed by atoms with Crippen LogP contribution in [0.25, 0.3) is 5.76 Å². The van der Waals surface area contributed by atoms with Crippen LogP contribution in [0.1, 0.15) is 29.5 Å². The number of hydrogen-bond donors (Lipinski definition) is 6. The number of amides is 1. The predicted octanol–water partition coefficient (Wildman–Crippen LogP) is 1.50. The van der Waals surface area contributed by atoms with Gasteiger partial charge < -0.3 is 36.4 Å². The van der Waals surface area contributed by atoms with E-state index in [1.54, 1.807) is 24.4 Å². The van der Waals surface area contributed by atoms with Crippen molar-refractivity contribution in [3.05, 3.63) is 64.1 Å². The molecule has 0 radical (unpaired) electrons. The zero-order valence-corrected chi connectivity index (χ0v) is 20.9. The van der Waals surface area contributed by atoms with Crippen molar-refractivity contribution in [2.24, 2.45) is 17.6 Å². The molecular formula is C27H28N4O7. The Hall–Kier alpha value is -4.38. The Labute approximate surface area is 217 Å². The number of hydrogen-bond acceptors (Lipinski definition) is 10. The lowest BCUT2D eigenvalue weighted by atomic mass is 9.59. The van der Waals surface area contributed by atoms with Gasteiger partial charge in [-0.05, 0) is 42.5 Å². The van der Waals surface area contributed by atoms with E-state index >= 15 is 0 Å². The number of nitrogens with two attached hydrogens (primary N) is 1. The third kappa shape index (κ3) is 3.61. The van der Waals surface area contributed by atoms with E-state index in [1.807, 2.05) is 25.1 Å². The molecule has 0 spiro atoms. The molecule has 0 aliphatic heterocycles. The van der Waals surface area contributed by atoms with E-state index in [0.717, 1.165) is 0 Å². The third-order valence-electron chi connectivity index (χ3n) is 7.73. The van der Waals surface area contributed by atoms with Gasteiger partial charge in [0.05, 0.1) is 5.56 Å². The van der Waals surface area contributed by atoms with Crippen LogP contribution in [0.15, 0.2) is 47.4 Å². The Bertz CT molecular complexity index is 1450. The zero-order valence-electron chi connectivity index (χ0n) is 20.9. The maximum atomic E-state index is 13.7. The molecule has 38 heavy (non-hydrogen) atoms. The summed E-state index contributed by atoms with van der Waals surface area (Å²) >= 11 is 0. The van der Waals surface area contributed by atoms with Gasteiger partial charge in [0, 0.05) is 56.0 Å². The second kappa shape index (κ2) is 8.88. The number of ketones is 2. The van der Waals surface area contributed by atoms with E-state index in [-0.39, 0.29) is 42.7 Å². The summed E-state index contributed by atoms with van der Waals surface area (Å²) in [4.78, 5) is 44.1. The molecule has 2 aromatic rings. The fourth-order valence-corrected chi connectivity index (χ4v) is 5.91. The third-order valence-corrected chi connectivity index (χ3v) is 7.73. The van der Waals surface area contributed by atoms with Crippen LogP contribution in [0, 0.1) is 11.8 Å². The van der Waals surface area contributed by atoms with Gasteiger partial charge in [-0.15, -0.1) is 0 Å². The van der Waals surface area contributed by atoms with E-state index in [0.29, 0.717) is 22.6 Å². The molecule has 1 aromatic carbocycles. The highest BCUT2D eigenvalue weighted by Gasteiger charge is 2.60. The first-order chi connectivity index (χ1) is 18.0. The quantitative estimate of drug-likeness (QED) is 0.315. The second-order valence-electron chi connectivity index (χ2n) is 10.1. The number of nitrogens with zero attached hydrogens (tertiary/aromatic N) is 2. The van der Waals surface area contributed by atoms with Crippen LogP contribution in [0.2, 0.25) is 0 Å². The molecule has 3 aliphatic carbocycles. The molecule has 0 bridgehead atoms. The Morgan fingerprint density at radius 2 is 1.95 bits per heavy atom. The normalized spacial score (nSPS) is 24.5. The van der Waals surface area contributed by atoms with Gasteiger partial charge in [-0.1, -0.05) is 6.07 Å². The van der Waals surface area contributed by atoms with Crippen molar-refractivity contribution in [1.29, 1.82) is 0 Å². The second-order valence-corrected chi connectivity index (χ2v) is 10.1. The first kappa shape index (κ1) is 25.3. The largest absolute Gasteiger partial charge is 0.508 e. The number of aliphatic hydroxyl groups is 3. The highest BCUT2D eigenvalue weighted by Crippen LogP contribution is 2.53. The summed E-state index contributed by atoms with van der Waals surface area (Å²) in [5, 5.41) is 47.9. The lowest BCUT2D eigenvalue weighted by molar-refractivity contribution is -0.147. The molecule has 11 nitrogen and oxygen atoms in total. The number of aromatic hydroxyl groups is 1. The lowest BCUT2D eigenvalue weighted by Crippen LogP contribution is -2.58. The molecule has 5 rings (SSSR count). The summed E-state index contributed by atoms with van der Waals surface area (Å²) in [6.07, 6.45) is 1.59. The average molecular weight is 521 g/mol. The van der Waals surface area contributed by atoms with Gasteiger partial charge >= 0.3 is 0 Å². The molecule has 198 valence electrons. The first-order valence-corrected chi connectivity index (χ1v) is 12.1. The van der Waals surface area contributed by atoms with E-state index in [1.165, 1.54) is 0 Å². The summed E-state index contributed by atoms with van der Waals surface area (Å²) in [6, 6.07) is 7.14. The number of primary amides is 1. The monoisotopic (exact) mass is 520 g/mol. The van der Waals surface area contributed by atoms with Gasteiger partial charge in [-0.25, -0.2) is 4.98 Å². The van der Waals surface area contributed by atoms with Crippen LogP contribution in [0.3, 0.4) is 0 Å². The molecule has 3 aliphatic rings. The SMILES string of the molecule is CN(C)c1cc(CNc2ccccn2)c(O)c2c1C[C@H]1C[C@H]3CC(=O)C(C(N)=O)=C(O)[C@@]3(O)C(=O)C1=C2O. The number of Topliss-reactive ketones (excluding diaryl/α,β-unsaturated/α-hetero) is 2. The molecule has 1 fully saturated rings. The number of benzene rings is 1. The number of phenols is 1. The van der Waals surface area contributed by atoms with Crippen molar-refractivity contribution >= 4 is 34.7 Å². The number of carbonyl (C=O) groups is 3. The van der Waals surface area contributed by atoms with Crippen LogP contribution in [0.5, 0.6) is 5.75 Å². The van der Waals surface area contributed by atoms with Crippen molar-refractivity contribution in [3.8, 4) is 5.75 Å². The molecule has 1 heterocycles. The molecular weight excluding hydrogens is 492 g/mol. The Balaban J connectivity index is 1.64. The van der Waals surface area contributed by atoms with Crippen LogP contribution < -0.4 is 16.0 Å². The Morgan fingerprint density at radius 3 is 2.58 bits per heavy atom. The molecule has 7 N–H and O–H groups in total. The summed E-state index contributed by atoms with van der Waals surface area (Å²) in [6.45, 7) is 0.163. The molecule has 3 atom stereocenters. The summed E-state index contributed by atoms with van der Waals surface area (Å²) in [5.74, 6) is -5.88. The van der Waals surface area contributed by atoms with Gasteiger partial charge in [0.1, 0.15) is 28.7 Å². The molecule has 1 aromatic heterocycles. The highest BCUT2D eigenvalue weighted by atomic mass is 16.3. The lowest BCUT2D eigenvalue weighted by Gasteiger charge is -2.46. The van der Waals surface area contributed by atoms with Gasteiger partial charge in [-0.3, -0.25) is 14.4 Å². The fourth-order valence-electron chi connectivity index (χ4n) is 5.91. The minimum absolute atomic E-state index is 0.0566. The number of carbonyl (C=O) groups excluding carboxylic acids is 3.